The Hall–Kier alpha value is -2.08. The van der Waals surface area contributed by atoms with E-state index in [0.29, 0.717) is 58.8 Å². The van der Waals surface area contributed by atoms with Crippen molar-refractivity contribution in [2.24, 2.45) is 0 Å². The number of carboxylic acids is 2. The molecule has 11 nitrogen and oxygen atoms in total. The van der Waals surface area contributed by atoms with E-state index >= 15 is 0 Å². The monoisotopic (exact) mass is 388 g/mol. The summed E-state index contributed by atoms with van der Waals surface area (Å²) >= 11 is 0. The zero-order valence-corrected chi connectivity index (χ0v) is 15.4. The van der Waals surface area contributed by atoms with Crippen LogP contribution in [0.15, 0.2) is 0 Å². The first-order valence-corrected chi connectivity index (χ1v) is 8.76. The predicted octanol–water partition coefficient (Wildman–Crippen LogP) is -2.29. The highest BCUT2D eigenvalue weighted by atomic mass is 16.5. The second kappa shape index (κ2) is 13.1. The lowest BCUT2D eigenvalue weighted by atomic mass is 10.3. The van der Waals surface area contributed by atoms with Gasteiger partial charge in [0.05, 0.1) is 19.6 Å². The van der Waals surface area contributed by atoms with Gasteiger partial charge in [-0.2, -0.15) is 0 Å². The van der Waals surface area contributed by atoms with Crippen molar-refractivity contribution in [2.45, 2.75) is 0 Å². The Morgan fingerprint density at radius 1 is 0.741 bits per heavy atom. The molecule has 1 aliphatic heterocycles. The van der Waals surface area contributed by atoms with Crippen LogP contribution in [0, 0.1) is 0 Å². The van der Waals surface area contributed by atoms with Crippen molar-refractivity contribution >= 4 is 24.7 Å². The van der Waals surface area contributed by atoms with Gasteiger partial charge in [0.15, 0.2) is 0 Å². The average Bonchev–Trinajstić information content (AvgIpc) is 2.60. The van der Waals surface area contributed by atoms with Gasteiger partial charge in [-0.1, -0.05) is 0 Å². The lowest BCUT2D eigenvalue weighted by Crippen LogP contribution is -2.48. The van der Waals surface area contributed by atoms with Crippen LogP contribution < -0.4 is 0 Å². The molecular formula is C16H28N4O7. The molecular weight excluding hydrogens is 360 g/mol. The Kier molecular flexibility index (Phi) is 11.2. The van der Waals surface area contributed by atoms with Crippen LogP contribution in [0.25, 0.3) is 0 Å². The minimum Gasteiger partial charge on any atom is -0.480 e. The first-order valence-electron chi connectivity index (χ1n) is 8.76. The molecule has 0 aliphatic carbocycles. The number of rotatable bonds is 9. The van der Waals surface area contributed by atoms with Gasteiger partial charge >= 0.3 is 11.9 Å². The number of ether oxygens (including phenoxy) is 1. The van der Waals surface area contributed by atoms with E-state index in [0.717, 1.165) is 6.29 Å². The zero-order chi connectivity index (χ0) is 20.1. The van der Waals surface area contributed by atoms with Crippen molar-refractivity contribution in [2.75, 3.05) is 78.7 Å². The molecule has 1 aliphatic rings. The first kappa shape index (κ1) is 23.0. The summed E-state index contributed by atoms with van der Waals surface area (Å²) in [7, 11) is 0. The number of aliphatic carboxylic acids is 2. The molecule has 0 aromatic heterocycles. The molecule has 1 rings (SSSR count). The van der Waals surface area contributed by atoms with Gasteiger partial charge in [0.25, 0.3) is 6.47 Å². The van der Waals surface area contributed by atoms with Gasteiger partial charge < -0.3 is 19.7 Å². The summed E-state index contributed by atoms with van der Waals surface area (Å²) in [5.74, 6) is -1.91. The number of hydrogen-bond acceptors (Lipinski definition) is 9. The van der Waals surface area contributed by atoms with E-state index < -0.39 is 11.9 Å². The summed E-state index contributed by atoms with van der Waals surface area (Å²) in [5.41, 5.74) is 0. The molecule has 27 heavy (non-hydrogen) atoms. The summed E-state index contributed by atoms with van der Waals surface area (Å²) in [4.78, 5) is 50.8. The topological polar surface area (TPSA) is 131 Å². The van der Waals surface area contributed by atoms with E-state index in [1.165, 1.54) is 0 Å². The molecule has 0 atom stereocenters. The molecule has 1 fully saturated rings. The van der Waals surface area contributed by atoms with Crippen LogP contribution in [-0.2, 0) is 23.9 Å². The fourth-order valence-corrected chi connectivity index (χ4v) is 2.83. The molecule has 0 bridgehead atoms. The van der Waals surface area contributed by atoms with Crippen LogP contribution in [0.2, 0.25) is 0 Å². The average molecular weight is 388 g/mol. The molecule has 0 unspecified atom stereocenters. The van der Waals surface area contributed by atoms with Gasteiger partial charge in [-0.15, -0.1) is 0 Å². The minimum absolute atomic E-state index is 0.0878. The van der Waals surface area contributed by atoms with E-state index in [1.54, 1.807) is 9.80 Å². The predicted molar refractivity (Wildman–Crippen MR) is 94.2 cm³/mol. The van der Waals surface area contributed by atoms with Crippen molar-refractivity contribution in [1.29, 1.82) is 0 Å². The molecule has 0 amide bonds. The number of nitrogens with zero attached hydrogens (tertiary/aromatic N) is 4. The Labute approximate surface area is 158 Å². The van der Waals surface area contributed by atoms with Crippen molar-refractivity contribution < 1.29 is 34.1 Å². The highest BCUT2D eigenvalue weighted by Gasteiger charge is 2.19. The van der Waals surface area contributed by atoms with Crippen LogP contribution in [0.3, 0.4) is 0 Å². The molecule has 1 heterocycles. The molecule has 154 valence electrons. The van der Waals surface area contributed by atoms with Gasteiger partial charge in [0, 0.05) is 52.4 Å². The number of carbonyl (C=O) groups excluding carboxylic acids is 2. The Balaban J connectivity index is 2.83. The highest BCUT2D eigenvalue weighted by molar-refractivity contribution is 5.69. The quantitative estimate of drug-likeness (QED) is 0.414. The Morgan fingerprint density at radius 3 is 1.52 bits per heavy atom. The third kappa shape index (κ3) is 10.6. The molecule has 1 saturated heterocycles. The standard InChI is InChI=1S/C16H28N4O7/c21-10-9-17-1-3-18(11-15(23)24)4-5-19(12-16(25)26)6-8-20(7-2-17)13-27-14-22/h10,14H,1-9,11-13H2,(H,23,24)(H,25,26). The first-order chi connectivity index (χ1) is 12.9. The number of carboxylic acid groups (broad SMARTS) is 2. The van der Waals surface area contributed by atoms with Crippen molar-refractivity contribution in [3.63, 3.8) is 0 Å². The smallest absolute Gasteiger partial charge is 0.317 e. The summed E-state index contributed by atoms with van der Waals surface area (Å²) < 4.78 is 4.82. The maximum atomic E-state index is 11.1. The maximum absolute atomic E-state index is 11.1. The number of aldehydes is 1. The van der Waals surface area contributed by atoms with Gasteiger partial charge in [0.1, 0.15) is 13.0 Å². The van der Waals surface area contributed by atoms with E-state index in [2.05, 4.69) is 0 Å². The SMILES string of the molecule is O=CCN1CCN(COC=O)CCN(CC(=O)O)CCN(CC(=O)O)CC1. The summed E-state index contributed by atoms with van der Waals surface area (Å²) in [6.07, 6.45) is 0.800. The molecule has 0 saturated carbocycles. The fourth-order valence-electron chi connectivity index (χ4n) is 2.83. The van der Waals surface area contributed by atoms with Gasteiger partial charge in [-0.3, -0.25) is 34.0 Å². The van der Waals surface area contributed by atoms with Crippen molar-refractivity contribution in [3.8, 4) is 0 Å². The van der Waals surface area contributed by atoms with Crippen LogP contribution in [-0.4, -0.2) is 133 Å². The second-order valence-electron chi connectivity index (χ2n) is 6.32. The third-order valence-electron chi connectivity index (χ3n) is 4.31. The lowest BCUT2D eigenvalue weighted by Gasteiger charge is -2.32. The van der Waals surface area contributed by atoms with Crippen LogP contribution in [0.1, 0.15) is 0 Å². The van der Waals surface area contributed by atoms with E-state index in [1.807, 2.05) is 9.80 Å². The van der Waals surface area contributed by atoms with Gasteiger partial charge in [0.2, 0.25) is 0 Å². The zero-order valence-electron chi connectivity index (χ0n) is 15.4. The lowest BCUT2D eigenvalue weighted by molar-refractivity contribution is -0.140. The molecule has 11 heteroatoms. The summed E-state index contributed by atoms with van der Waals surface area (Å²) in [6.45, 7) is 4.13. The highest BCUT2D eigenvalue weighted by Crippen LogP contribution is 2.01. The minimum atomic E-state index is -0.959. The molecule has 0 aromatic carbocycles. The van der Waals surface area contributed by atoms with E-state index in [4.69, 9.17) is 14.9 Å². The molecule has 2 N–H and O–H groups in total. The van der Waals surface area contributed by atoms with Gasteiger partial charge in [-0.25, -0.2) is 0 Å². The van der Waals surface area contributed by atoms with Crippen LogP contribution in [0.5, 0.6) is 0 Å². The molecule has 0 aromatic rings. The van der Waals surface area contributed by atoms with Gasteiger partial charge in [-0.05, 0) is 0 Å². The molecule has 0 spiro atoms. The molecule has 0 radical (unpaired) electrons. The summed E-state index contributed by atoms with van der Waals surface area (Å²) in [5, 5.41) is 18.2. The number of hydrogen-bond donors (Lipinski definition) is 2. The van der Waals surface area contributed by atoms with Crippen molar-refractivity contribution in [1.82, 2.24) is 19.6 Å². The van der Waals surface area contributed by atoms with Crippen LogP contribution in [0.4, 0.5) is 0 Å². The normalized spacial score (nSPS) is 19.6. The largest absolute Gasteiger partial charge is 0.480 e. The summed E-state index contributed by atoms with van der Waals surface area (Å²) in [6, 6.07) is 0. The van der Waals surface area contributed by atoms with E-state index in [-0.39, 0.29) is 26.4 Å². The maximum Gasteiger partial charge on any atom is 0.317 e. The number of carbonyl (C=O) groups is 4. The Morgan fingerprint density at radius 2 is 1.15 bits per heavy atom. The van der Waals surface area contributed by atoms with Crippen molar-refractivity contribution in [3.05, 3.63) is 0 Å². The fraction of sp³-hybridized carbons (Fsp3) is 0.750. The van der Waals surface area contributed by atoms with Crippen LogP contribution >= 0.6 is 0 Å². The van der Waals surface area contributed by atoms with E-state index in [9.17, 15) is 19.2 Å². The Bertz CT molecular complexity index is 491. The second-order valence-corrected chi connectivity index (χ2v) is 6.32. The third-order valence-corrected chi connectivity index (χ3v) is 4.31.